The lowest BCUT2D eigenvalue weighted by Crippen LogP contribution is -2.29. The summed E-state index contributed by atoms with van der Waals surface area (Å²) in [6.07, 6.45) is 6.18. The van der Waals surface area contributed by atoms with Crippen LogP contribution >= 0.6 is 0 Å². The summed E-state index contributed by atoms with van der Waals surface area (Å²) >= 11 is 0. The third kappa shape index (κ3) is 2.43. The largest absolute Gasteiger partial charge is 0.313 e. The Kier molecular flexibility index (Phi) is 3.54. The molecule has 0 saturated heterocycles. The molecule has 3 aromatic carbocycles. The van der Waals surface area contributed by atoms with Crippen LogP contribution in [0.5, 0.6) is 0 Å². The van der Waals surface area contributed by atoms with Gasteiger partial charge in [-0.3, -0.25) is 0 Å². The van der Waals surface area contributed by atoms with E-state index in [1.54, 1.807) is 0 Å². The van der Waals surface area contributed by atoms with Crippen molar-refractivity contribution < 1.29 is 4.57 Å². The summed E-state index contributed by atoms with van der Waals surface area (Å²) in [5.41, 5.74) is 3.37. The zero-order chi connectivity index (χ0) is 18.4. The van der Waals surface area contributed by atoms with Gasteiger partial charge in [0, 0.05) is 17.0 Å². The third-order valence-corrected chi connectivity index (χ3v) is 5.29. The van der Waals surface area contributed by atoms with Crippen molar-refractivity contribution in [2.75, 3.05) is 0 Å². The number of aryl methyl sites for hydroxylation is 2. The molecular weight excluding hydrogens is 330 g/mol. The van der Waals surface area contributed by atoms with Crippen LogP contribution in [0.15, 0.2) is 85.3 Å². The number of nitrogens with zero attached hydrogens (tertiary/aromatic N) is 3. The second-order valence-electron chi connectivity index (χ2n) is 6.92. The molecule has 3 heteroatoms. The maximum Gasteiger partial charge on any atom is 0.313 e. The summed E-state index contributed by atoms with van der Waals surface area (Å²) in [5, 5.41) is 4.88. The van der Waals surface area contributed by atoms with Gasteiger partial charge in [0.2, 0.25) is 0 Å². The van der Waals surface area contributed by atoms with E-state index >= 15 is 0 Å². The van der Waals surface area contributed by atoms with Crippen molar-refractivity contribution in [1.82, 2.24) is 9.55 Å². The predicted molar refractivity (Wildman–Crippen MR) is 110 cm³/mol. The Balaban J connectivity index is 1.81. The minimum atomic E-state index is 1.01. The average Bonchev–Trinajstić information content (AvgIpc) is 3.09. The van der Waals surface area contributed by atoms with Crippen LogP contribution in [0.3, 0.4) is 0 Å². The molecule has 130 valence electrons. The van der Waals surface area contributed by atoms with Crippen LogP contribution in [0.4, 0.5) is 0 Å². The Bertz CT molecular complexity index is 1290. The lowest BCUT2D eigenvalue weighted by Gasteiger charge is -2.09. The number of rotatable bonds is 2. The number of hydrogen-bond acceptors (Lipinski definition) is 1. The van der Waals surface area contributed by atoms with Crippen LogP contribution in [0.1, 0.15) is 5.56 Å². The van der Waals surface area contributed by atoms with Gasteiger partial charge in [0.1, 0.15) is 18.1 Å². The molecule has 0 N–H and O–H groups in total. The second-order valence-corrected chi connectivity index (χ2v) is 6.92. The molecule has 0 aliphatic carbocycles. The Hall–Kier alpha value is -3.46. The Labute approximate surface area is 158 Å². The molecule has 0 aliphatic rings. The number of benzene rings is 3. The minimum Gasteiger partial charge on any atom is -0.247 e. The van der Waals surface area contributed by atoms with E-state index in [4.69, 9.17) is 4.98 Å². The topological polar surface area (TPSA) is 21.7 Å². The molecule has 0 bridgehead atoms. The first-order chi connectivity index (χ1) is 13.2. The maximum absolute atomic E-state index is 4.83. The molecule has 3 nitrogen and oxygen atoms in total. The quantitative estimate of drug-likeness (QED) is 0.412. The highest BCUT2D eigenvalue weighted by molar-refractivity contribution is 5.91. The van der Waals surface area contributed by atoms with Crippen LogP contribution in [0.25, 0.3) is 38.8 Å². The van der Waals surface area contributed by atoms with Crippen molar-refractivity contribution in [3.63, 3.8) is 0 Å². The molecule has 0 aliphatic heterocycles. The maximum atomic E-state index is 4.83. The number of pyridine rings is 1. The first kappa shape index (κ1) is 15.8. The monoisotopic (exact) mass is 350 g/mol. The predicted octanol–water partition coefficient (Wildman–Crippen LogP) is 4.98. The van der Waals surface area contributed by atoms with Crippen molar-refractivity contribution in [2.45, 2.75) is 6.92 Å². The highest BCUT2D eigenvalue weighted by Gasteiger charge is 2.24. The van der Waals surface area contributed by atoms with Crippen molar-refractivity contribution in [1.29, 1.82) is 0 Å². The van der Waals surface area contributed by atoms with E-state index in [1.165, 1.54) is 27.1 Å². The molecular formula is C24H20N3+. The molecule has 2 heterocycles. The molecule has 0 atom stereocenters. The van der Waals surface area contributed by atoms with Gasteiger partial charge in [-0.15, -0.1) is 0 Å². The van der Waals surface area contributed by atoms with Crippen molar-refractivity contribution in [3.05, 3.63) is 90.9 Å². The highest BCUT2D eigenvalue weighted by atomic mass is 15.2. The fraction of sp³-hybridized carbons (Fsp3) is 0.0833. The Morgan fingerprint density at radius 2 is 1.52 bits per heavy atom. The molecule has 0 saturated carbocycles. The van der Waals surface area contributed by atoms with Crippen LogP contribution in [-0.4, -0.2) is 9.55 Å². The molecule has 5 aromatic rings. The van der Waals surface area contributed by atoms with Crippen molar-refractivity contribution in [2.24, 2.45) is 7.05 Å². The van der Waals surface area contributed by atoms with Gasteiger partial charge in [-0.1, -0.05) is 60.7 Å². The van der Waals surface area contributed by atoms with E-state index in [0.29, 0.717) is 0 Å². The normalized spacial score (nSPS) is 11.3. The van der Waals surface area contributed by atoms with E-state index in [9.17, 15) is 0 Å². The molecule has 0 amide bonds. The molecule has 0 unspecified atom stereocenters. The van der Waals surface area contributed by atoms with Crippen molar-refractivity contribution >= 4 is 21.5 Å². The fourth-order valence-electron chi connectivity index (χ4n) is 3.91. The van der Waals surface area contributed by atoms with E-state index in [-0.39, 0.29) is 0 Å². The van der Waals surface area contributed by atoms with E-state index in [1.807, 2.05) is 6.20 Å². The van der Waals surface area contributed by atoms with Gasteiger partial charge in [0.15, 0.2) is 5.69 Å². The summed E-state index contributed by atoms with van der Waals surface area (Å²) < 4.78 is 4.39. The summed E-state index contributed by atoms with van der Waals surface area (Å²) in [7, 11) is 2.08. The second kappa shape index (κ2) is 6.06. The number of imidazole rings is 1. The number of aromatic nitrogens is 3. The summed E-state index contributed by atoms with van der Waals surface area (Å²) in [6.45, 7) is 2.16. The molecule has 0 fully saturated rings. The van der Waals surface area contributed by atoms with Crippen LogP contribution in [0.2, 0.25) is 0 Å². The van der Waals surface area contributed by atoms with Crippen molar-refractivity contribution in [3.8, 4) is 17.2 Å². The molecule has 27 heavy (non-hydrogen) atoms. The van der Waals surface area contributed by atoms with Crippen LogP contribution in [0, 0.1) is 6.92 Å². The van der Waals surface area contributed by atoms with Gasteiger partial charge in [-0.25, -0.2) is 9.55 Å². The van der Waals surface area contributed by atoms with E-state index in [0.717, 1.165) is 17.2 Å². The van der Waals surface area contributed by atoms with Crippen LogP contribution in [-0.2, 0) is 7.05 Å². The standard InChI is InChI=1S/C24H20N3/c1-17-20-11-5-4-9-19(20)16-25-23(17)24-26(2)14-15-27(24)22-13-7-10-18-8-3-6-12-21(18)22/h3-16H,1-2H3/q+1. The van der Waals surface area contributed by atoms with Gasteiger partial charge in [0.25, 0.3) is 0 Å². The van der Waals surface area contributed by atoms with E-state index < -0.39 is 0 Å². The molecule has 5 rings (SSSR count). The van der Waals surface area contributed by atoms with Gasteiger partial charge < -0.3 is 0 Å². The van der Waals surface area contributed by atoms with Gasteiger partial charge in [-0.2, -0.15) is 4.57 Å². The fourth-order valence-corrected chi connectivity index (χ4v) is 3.91. The van der Waals surface area contributed by atoms with Gasteiger partial charge >= 0.3 is 5.82 Å². The Morgan fingerprint density at radius 1 is 0.815 bits per heavy atom. The smallest absolute Gasteiger partial charge is 0.247 e. The number of hydrogen-bond donors (Lipinski definition) is 0. The highest BCUT2D eigenvalue weighted by Crippen LogP contribution is 2.29. The average molecular weight is 350 g/mol. The minimum absolute atomic E-state index is 1.01. The van der Waals surface area contributed by atoms with Gasteiger partial charge in [-0.05, 0) is 29.3 Å². The lowest BCUT2D eigenvalue weighted by molar-refractivity contribution is -0.659. The summed E-state index contributed by atoms with van der Waals surface area (Å²) in [6, 6.07) is 23.4. The summed E-state index contributed by atoms with van der Waals surface area (Å²) in [5.74, 6) is 1.08. The lowest BCUT2D eigenvalue weighted by atomic mass is 10.0. The number of fused-ring (bicyclic) bond motifs is 2. The first-order valence-electron chi connectivity index (χ1n) is 9.14. The third-order valence-electron chi connectivity index (χ3n) is 5.29. The zero-order valence-corrected chi connectivity index (χ0v) is 15.4. The summed E-state index contributed by atoms with van der Waals surface area (Å²) in [4.78, 5) is 4.83. The Morgan fingerprint density at radius 3 is 2.37 bits per heavy atom. The molecule has 0 spiro atoms. The van der Waals surface area contributed by atoms with Gasteiger partial charge in [0.05, 0.1) is 7.05 Å². The van der Waals surface area contributed by atoms with Crippen LogP contribution < -0.4 is 4.57 Å². The SMILES string of the molecule is Cc1c(-c2n(-c3cccc4ccccc34)cc[n+]2C)ncc2ccccc12. The molecule has 2 aromatic heterocycles. The van der Waals surface area contributed by atoms with E-state index in [2.05, 4.69) is 102 Å². The zero-order valence-electron chi connectivity index (χ0n) is 15.4. The molecule has 0 radical (unpaired) electrons. The first-order valence-corrected chi connectivity index (χ1v) is 9.14.